The number of benzene rings is 2. The lowest BCUT2D eigenvalue weighted by molar-refractivity contribution is 0.0170. The first kappa shape index (κ1) is 16.4. The highest BCUT2D eigenvalue weighted by molar-refractivity contribution is 6.00. The van der Waals surface area contributed by atoms with Crippen LogP contribution in [0.4, 0.5) is 0 Å². The summed E-state index contributed by atoms with van der Waals surface area (Å²) in [7, 11) is 0. The maximum absolute atomic E-state index is 12.2. The molecule has 0 aliphatic heterocycles. The van der Waals surface area contributed by atoms with E-state index in [1.54, 1.807) is 12.1 Å². The van der Waals surface area contributed by atoms with E-state index in [1.807, 2.05) is 49.4 Å². The van der Waals surface area contributed by atoms with Gasteiger partial charge in [-0.2, -0.15) is 0 Å². The zero-order valence-electron chi connectivity index (χ0n) is 12.8. The number of carbonyl (C=O) groups is 1. The summed E-state index contributed by atoms with van der Waals surface area (Å²) in [4.78, 5) is 12.2. The zero-order chi connectivity index (χ0) is 15.9. The lowest BCUT2D eigenvalue weighted by Crippen LogP contribution is -2.34. The van der Waals surface area contributed by atoms with Crippen molar-refractivity contribution in [3.05, 3.63) is 71.3 Å². The largest absolute Gasteiger partial charge is 0.390 e. The molecular formula is C19H22O3. The molecule has 0 saturated heterocycles. The van der Waals surface area contributed by atoms with Crippen LogP contribution in [0.15, 0.2) is 54.6 Å². The lowest BCUT2D eigenvalue weighted by atomic mass is 9.95. The molecule has 3 heteroatoms. The minimum atomic E-state index is -1.36. The van der Waals surface area contributed by atoms with Crippen molar-refractivity contribution < 1.29 is 15.0 Å². The molecule has 0 saturated carbocycles. The average Bonchev–Trinajstić information content (AvgIpc) is 2.55. The van der Waals surface area contributed by atoms with E-state index in [-0.39, 0.29) is 0 Å². The molecule has 116 valence electrons. The normalized spacial score (nSPS) is 13.6. The number of carbonyl (C=O) groups excluding carboxylic acids is 1. The number of ketones is 1. The third-order valence-electron chi connectivity index (χ3n) is 3.85. The van der Waals surface area contributed by atoms with Crippen LogP contribution in [0.25, 0.3) is 0 Å². The van der Waals surface area contributed by atoms with Crippen molar-refractivity contribution in [2.75, 3.05) is 0 Å². The van der Waals surface area contributed by atoms with Gasteiger partial charge in [-0.05, 0) is 37.3 Å². The highest BCUT2D eigenvalue weighted by Crippen LogP contribution is 2.15. The van der Waals surface area contributed by atoms with Gasteiger partial charge in [0.2, 0.25) is 0 Å². The SMILES string of the molecule is Cc1ccccc1C(=O)[C@H](O)[C@@H](O)CCCc1ccccc1. The van der Waals surface area contributed by atoms with Crippen molar-refractivity contribution in [2.24, 2.45) is 0 Å². The van der Waals surface area contributed by atoms with Crippen LogP contribution in [0, 0.1) is 6.92 Å². The van der Waals surface area contributed by atoms with Gasteiger partial charge in [-0.15, -0.1) is 0 Å². The molecule has 2 aromatic rings. The van der Waals surface area contributed by atoms with Crippen LogP contribution < -0.4 is 0 Å². The van der Waals surface area contributed by atoms with Crippen LogP contribution >= 0.6 is 0 Å². The molecule has 0 unspecified atom stereocenters. The minimum Gasteiger partial charge on any atom is -0.390 e. The first-order valence-corrected chi connectivity index (χ1v) is 7.59. The Labute approximate surface area is 131 Å². The highest BCUT2D eigenvalue weighted by Gasteiger charge is 2.25. The summed E-state index contributed by atoms with van der Waals surface area (Å²) in [5, 5.41) is 20.1. The molecule has 0 aliphatic rings. The highest BCUT2D eigenvalue weighted by atomic mass is 16.3. The Morgan fingerprint density at radius 2 is 1.64 bits per heavy atom. The third-order valence-corrected chi connectivity index (χ3v) is 3.85. The maximum atomic E-state index is 12.2. The molecule has 0 fully saturated rings. The predicted octanol–water partition coefficient (Wildman–Crippen LogP) is 2.92. The minimum absolute atomic E-state index is 0.397. The number of hydrogen-bond donors (Lipinski definition) is 2. The van der Waals surface area contributed by atoms with Gasteiger partial charge in [0.25, 0.3) is 0 Å². The second kappa shape index (κ2) is 7.87. The van der Waals surface area contributed by atoms with Crippen LogP contribution in [-0.4, -0.2) is 28.2 Å². The van der Waals surface area contributed by atoms with Crippen molar-refractivity contribution in [2.45, 2.75) is 38.4 Å². The molecule has 0 radical (unpaired) electrons. The van der Waals surface area contributed by atoms with Gasteiger partial charge in [-0.3, -0.25) is 4.79 Å². The number of rotatable bonds is 7. The van der Waals surface area contributed by atoms with Crippen LogP contribution in [0.1, 0.15) is 34.3 Å². The number of Topliss-reactive ketones (excluding diaryl/α,β-unsaturated/α-hetero) is 1. The Bertz CT molecular complexity index is 607. The monoisotopic (exact) mass is 298 g/mol. The van der Waals surface area contributed by atoms with E-state index in [1.165, 1.54) is 5.56 Å². The van der Waals surface area contributed by atoms with Gasteiger partial charge >= 0.3 is 0 Å². The summed E-state index contributed by atoms with van der Waals surface area (Å²) >= 11 is 0. The van der Waals surface area contributed by atoms with Crippen molar-refractivity contribution in [1.29, 1.82) is 0 Å². The van der Waals surface area contributed by atoms with Gasteiger partial charge in [0, 0.05) is 5.56 Å². The topological polar surface area (TPSA) is 57.5 Å². The summed E-state index contributed by atoms with van der Waals surface area (Å²) in [6.45, 7) is 1.82. The van der Waals surface area contributed by atoms with E-state index in [4.69, 9.17) is 0 Å². The summed E-state index contributed by atoms with van der Waals surface area (Å²) in [5.41, 5.74) is 2.47. The molecule has 2 rings (SSSR count). The Morgan fingerprint density at radius 3 is 2.32 bits per heavy atom. The van der Waals surface area contributed by atoms with Gasteiger partial charge in [-0.25, -0.2) is 0 Å². The Kier molecular flexibility index (Phi) is 5.87. The van der Waals surface area contributed by atoms with Crippen LogP contribution in [0.5, 0.6) is 0 Å². The standard InChI is InChI=1S/C19H22O3/c1-14-8-5-6-12-16(14)18(21)19(22)17(20)13-7-11-15-9-3-2-4-10-15/h2-6,8-10,12,17,19-20,22H,7,11,13H2,1H3/t17-,19+/m0/s1. The van der Waals surface area contributed by atoms with Crippen LogP contribution in [0.2, 0.25) is 0 Å². The van der Waals surface area contributed by atoms with E-state index < -0.39 is 18.0 Å². The fraction of sp³-hybridized carbons (Fsp3) is 0.316. The fourth-order valence-electron chi connectivity index (χ4n) is 2.50. The second-order valence-corrected chi connectivity index (χ2v) is 5.57. The van der Waals surface area contributed by atoms with Gasteiger partial charge in [0.15, 0.2) is 5.78 Å². The van der Waals surface area contributed by atoms with Crippen LogP contribution in [0.3, 0.4) is 0 Å². The molecular weight excluding hydrogens is 276 g/mol. The number of aliphatic hydroxyl groups is 2. The van der Waals surface area contributed by atoms with Crippen molar-refractivity contribution in [1.82, 2.24) is 0 Å². The lowest BCUT2D eigenvalue weighted by Gasteiger charge is -2.17. The fourth-order valence-corrected chi connectivity index (χ4v) is 2.50. The molecule has 2 N–H and O–H groups in total. The molecule has 0 aliphatic carbocycles. The van der Waals surface area contributed by atoms with Gasteiger partial charge < -0.3 is 10.2 Å². The molecule has 0 spiro atoms. The Balaban J connectivity index is 1.88. The summed E-state index contributed by atoms with van der Waals surface area (Å²) < 4.78 is 0. The first-order chi connectivity index (χ1) is 10.6. The van der Waals surface area contributed by atoms with Gasteiger partial charge in [-0.1, -0.05) is 54.6 Å². The van der Waals surface area contributed by atoms with E-state index in [2.05, 4.69) is 0 Å². The molecule has 0 heterocycles. The molecule has 3 nitrogen and oxygen atoms in total. The molecule has 2 aromatic carbocycles. The summed E-state index contributed by atoms with van der Waals surface area (Å²) in [6, 6.07) is 17.1. The van der Waals surface area contributed by atoms with E-state index in [9.17, 15) is 15.0 Å². The molecule has 0 amide bonds. The van der Waals surface area contributed by atoms with Crippen molar-refractivity contribution in [3.63, 3.8) is 0 Å². The van der Waals surface area contributed by atoms with E-state index in [0.717, 1.165) is 18.4 Å². The molecule has 2 atom stereocenters. The number of hydrogen-bond acceptors (Lipinski definition) is 3. The summed E-state index contributed by atoms with van der Waals surface area (Å²) in [5.74, 6) is -0.412. The Morgan fingerprint density at radius 1 is 1.00 bits per heavy atom. The molecule has 22 heavy (non-hydrogen) atoms. The summed E-state index contributed by atoms with van der Waals surface area (Å²) in [6.07, 6.45) is -0.451. The number of aliphatic hydroxyl groups excluding tert-OH is 2. The Hall–Kier alpha value is -1.97. The van der Waals surface area contributed by atoms with Crippen LogP contribution in [-0.2, 0) is 6.42 Å². The quantitative estimate of drug-likeness (QED) is 0.773. The molecule has 0 aromatic heterocycles. The smallest absolute Gasteiger partial charge is 0.194 e. The second-order valence-electron chi connectivity index (χ2n) is 5.57. The maximum Gasteiger partial charge on any atom is 0.194 e. The third kappa shape index (κ3) is 4.26. The van der Waals surface area contributed by atoms with Gasteiger partial charge in [0.05, 0.1) is 6.10 Å². The van der Waals surface area contributed by atoms with E-state index >= 15 is 0 Å². The number of aryl methyl sites for hydroxylation is 2. The first-order valence-electron chi connectivity index (χ1n) is 7.59. The predicted molar refractivity (Wildman–Crippen MR) is 86.9 cm³/mol. The molecule has 0 bridgehead atoms. The van der Waals surface area contributed by atoms with Crippen molar-refractivity contribution in [3.8, 4) is 0 Å². The van der Waals surface area contributed by atoms with Crippen molar-refractivity contribution >= 4 is 5.78 Å². The zero-order valence-corrected chi connectivity index (χ0v) is 12.8. The van der Waals surface area contributed by atoms with E-state index in [0.29, 0.717) is 12.0 Å². The van der Waals surface area contributed by atoms with Gasteiger partial charge in [0.1, 0.15) is 6.10 Å². The average molecular weight is 298 g/mol.